The van der Waals surface area contributed by atoms with Crippen LogP contribution in [0, 0.1) is 0 Å². The molecule has 0 saturated heterocycles. The van der Waals surface area contributed by atoms with E-state index in [9.17, 15) is 4.79 Å². The van der Waals surface area contributed by atoms with Gasteiger partial charge in [0.05, 0.1) is 0 Å². The van der Waals surface area contributed by atoms with Gasteiger partial charge in [-0.05, 0) is 53.1 Å². The third-order valence-corrected chi connectivity index (χ3v) is 2.94. The molecule has 0 aliphatic heterocycles. The molecule has 0 bridgehead atoms. The normalized spacial score (nSPS) is 10.7. The Morgan fingerprint density at radius 3 is 2.55 bits per heavy atom. The van der Waals surface area contributed by atoms with Crippen LogP contribution in [0.15, 0.2) is 54.6 Å². The predicted molar refractivity (Wildman–Crippen MR) is 82.1 cm³/mol. The summed E-state index contributed by atoms with van der Waals surface area (Å²) in [7, 11) is 0. The zero-order valence-corrected chi connectivity index (χ0v) is 12.1. The van der Waals surface area contributed by atoms with E-state index in [2.05, 4.69) is 0 Å². The molecule has 0 amide bonds. The van der Waals surface area contributed by atoms with Gasteiger partial charge in [0.1, 0.15) is 12.4 Å². The summed E-state index contributed by atoms with van der Waals surface area (Å²) in [6.45, 7) is 0.454. The summed E-state index contributed by atoms with van der Waals surface area (Å²) in [4.78, 5) is 10.6. The van der Waals surface area contributed by atoms with Crippen LogP contribution in [-0.2, 0) is 11.4 Å². The second kappa shape index (κ2) is 7.13. The minimum Gasteiger partial charge on any atom is -0.489 e. The van der Waals surface area contributed by atoms with E-state index in [1.807, 2.05) is 48.5 Å². The van der Waals surface area contributed by atoms with Crippen molar-refractivity contribution in [3.05, 3.63) is 70.8 Å². The maximum absolute atomic E-state index is 10.6. The van der Waals surface area contributed by atoms with Gasteiger partial charge in [0.15, 0.2) is 0 Å². The smallest absolute Gasteiger partial charge is 0.245 e. The Balaban J connectivity index is 1.95. The first kappa shape index (κ1) is 14.6. The van der Waals surface area contributed by atoms with Crippen LogP contribution in [0.1, 0.15) is 11.1 Å². The van der Waals surface area contributed by atoms with E-state index < -0.39 is 5.24 Å². The van der Waals surface area contributed by atoms with Gasteiger partial charge < -0.3 is 4.74 Å². The minimum absolute atomic E-state index is 0.454. The Morgan fingerprint density at radius 2 is 1.90 bits per heavy atom. The largest absolute Gasteiger partial charge is 0.489 e. The van der Waals surface area contributed by atoms with Crippen molar-refractivity contribution in [3.8, 4) is 5.75 Å². The zero-order chi connectivity index (χ0) is 14.4. The lowest BCUT2D eigenvalue weighted by molar-refractivity contribution is -0.107. The minimum atomic E-state index is -0.494. The number of hydrogen-bond donors (Lipinski definition) is 0. The highest BCUT2D eigenvalue weighted by Crippen LogP contribution is 2.16. The van der Waals surface area contributed by atoms with Gasteiger partial charge in [-0.1, -0.05) is 41.9 Å². The van der Waals surface area contributed by atoms with Crippen molar-refractivity contribution < 1.29 is 9.53 Å². The third-order valence-electron chi connectivity index (χ3n) is 2.58. The highest BCUT2D eigenvalue weighted by Gasteiger charge is 1.97. The number of benzene rings is 2. The van der Waals surface area contributed by atoms with Gasteiger partial charge in [-0.25, -0.2) is 0 Å². The molecule has 2 aromatic rings. The summed E-state index contributed by atoms with van der Waals surface area (Å²) in [5.74, 6) is 0.749. The molecule has 0 fully saturated rings. The van der Waals surface area contributed by atoms with Crippen LogP contribution in [0.2, 0.25) is 5.02 Å². The monoisotopic (exact) mass is 306 g/mol. The Bertz CT molecular complexity index is 619. The van der Waals surface area contributed by atoms with Crippen molar-refractivity contribution in [3.63, 3.8) is 0 Å². The van der Waals surface area contributed by atoms with Crippen LogP contribution < -0.4 is 4.74 Å². The zero-order valence-electron chi connectivity index (χ0n) is 10.6. The van der Waals surface area contributed by atoms with Crippen molar-refractivity contribution in [1.82, 2.24) is 0 Å². The van der Waals surface area contributed by atoms with Crippen molar-refractivity contribution in [2.75, 3.05) is 0 Å². The van der Waals surface area contributed by atoms with E-state index in [-0.39, 0.29) is 0 Å². The molecule has 0 unspecified atom stereocenters. The number of ether oxygens (including phenoxy) is 1. The van der Waals surface area contributed by atoms with E-state index in [4.69, 9.17) is 27.9 Å². The second-order valence-electron chi connectivity index (χ2n) is 4.13. The molecule has 102 valence electrons. The maximum Gasteiger partial charge on any atom is 0.245 e. The molecule has 0 aliphatic rings. The molecular weight excluding hydrogens is 295 g/mol. The number of rotatable bonds is 5. The van der Waals surface area contributed by atoms with Crippen LogP contribution in [0.4, 0.5) is 0 Å². The van der Waals surface area contributed by atoms with Crippen molar-refractivity contribution >= 4 is 34.5 Å². The summed E-state index contributed by atoms with van der Waals surface area (Å²) in [6.07, 6.45) is 2.96. The first-order valence-corrected chi connectivity index (χ1v) is 6.74. The van der Waals surface area contributed by atoms with Crippen LogP contribution in [0.3, 0.4) is 0 Å². The van der Waals surface area contributed by atoms with Gasteiger partial charge >= 0.3 is 0 Å². The lowest BCUT2D eigenvalue weighted by atomic mass is 10.2. The van der Waals surface area contributed by atoms with E-state index in [1.165, 1.54) is 6.08 Å². The van der Waals surface area contributed by atoms with Crippen molar-refractivity contribution in [2.45, 2.75) is 6.61 Å². The fourth-order valence-corrected chi connectivity index (χ4v) is 1.91. The lowest BCUT2D eigenvalue weighted by Crippen LogP contribution is -1.95. The number of carbonyl (C=O) groups excluding carboxylic acids is 1. The molecule has 4 heteroatoms. The molecule has 2 nitrogen and oxygen atoms in total. The third kappa shape index (κ3) is 4.72. The predicted octanol–water partition coefficient (Wildman–Crippen LogP) is 4.70. The first-order valence-electron chi connectivity index (χ1n) is 5.98. The topological polar surface area (TPSA) is 26.3 Å². The molecule has 0 N–H and O–H groups in total. The number of hydrogen-bond acceptors (Lipinski definition) is 2. The Kier molecular flexibility index (Phi) is 5.22. The highest BCUT2D eigenvalue weighted by atomic mass is 35.5. The van der Waals surface area contributed by atoms with Gasteiger partial charge in [0.25, 0.3) is 0 Å². The fraction of sp³-hybridized carbons (Fsp3) is 0.0625. The molecule has 20 heavy (non-hydrogen) atoms. The SMILES string of the molecule is O=C(Cl)C=Cc1ccc(OCc2cccc(Cl)c2)cc1. The van der Waals surface area contributed by atoms with Crippen LogP contribution >= 0.6 is 23.2 Å². The number of carbonyl (C=O) groups is 1. The molecule has 0 atom stereocenters. The molecule has 0 heterocycles. The van der Waals surface area contributed by atoms with Crippen LogP contribution in [-0.4, -0.2) is 5.24 Å². The maximum atomic E-state index is 10.6. The van der Waals surface area contributed by atoms with Gasteiger partial charge in [-0.2, -0.15) is 0 Å². The first-order chi connectivity index (χ1) is 9.63. The Morgan fingerprint density at radius 1 is 1.15 bits per heavy atom. The van der Waals surface area contributed by atoms with Crippen LogP contribution in [0.25, 0.3) is 6.08 Å². The summed E-state index contributed by atoms with van der Waals surface area (Å²) in [5, 5.41) is 0.198. The Hall–Kier alpha value is -1.77. The lowest BCUT2D eigenvalue weighted by Gasteiger charge is -2.06. The van der Waals surface area contributed by atoms with Crippen LogP contribution in [0.5, 0.6) is 5.75 Å². The molecule has 0 aliphatic carbocycles. The van der Waals surface area contributed by atoms with E-state index in [1.54, 1.807) is 6.08 Å². The summed E-state index contributed by atoms with van der Waals surface area (Å²) < 4.78 is 5.65. The molecule has 0 saturated carbocycles. The number of halogens is 2. The van der Waals surface area contributed by atoms with E-state index in [0.717, 1.165) is 16.9 Å². The van der Waals surface area contributed by atoms with Gasteiger partial charge in [0, 0.05) is 5.02 Å². The van der Waals surface area contributed by atoms with E-state index >= 15 is 0 Å². The summed E-state index contributed by atoms with van der Waals surface area (Å²) in [5.41, 5.74) is 1.89. The van der Waals surface area contributed by atoms with Gasteiger partial charge in [-0.3, -0.25) is 4.79 Å². The van der Waals surface area contributed by atoms with Gasteiger partial charge in [0.2, 0.25) is 5.24 Å². The summed E-state index contributed by atoms with van der Waals surface area (Å²) >= 11 is 11.1. The van der Waals surface area contributed by atoms with E-state index in [0.29, 0.717) is 11.6 Å². The standard InChI is InChI=1S/C16H12Cl2O2/c17-14-3-1-2-13(10-14)11-20-15-7-4-12(5-8-15)6-9-16(18)19/h1-10H,11H2. The molecule has 0 radical (unpaired) electrons. The number of allylic oxidation sites excluding steroid dienone is 1. The Labute approximate surface area is 127 Å². The molecule has 0 spiro atoms. The fourth-order valence-electron chi connectivity index (χ4n) is 1.63. The highest BCUT2D eigenvalue weighted by molar-refractivity contribution is 6.66. The quantitative estimate of drug-likeness (QED) is 0.591. The summed E-state index contributed by atoms with van der Waals surface area (Å²) in [6, 6.07) is 14.9. The average molecular weight is 307 g/mol. The molecule has 0 aromatic heterocycles. The van der Waals surface area contributed by atoms with Crippen molar-refractivity contribution in [2.24, 2.45) is 0 Å². The van der Waals surface area contributed by atoms with Crippen molar-refractivity contribution in [1.29, 1.82) is 0 Å². The van der Waals surface area contributed by atoms with Gasteiger partial charge in [-0.15, -0.1) is 0 Å². The molecule has 2 aromatic carbocycles. The average Bonchev–Trinajstić information content (AvgIpc) is 2.44. The molecular formula is C16H12Cl2O2. The molecule has 2 rings (SSSR count). The second-order valence-corrected chi connectivity index (χ2v) is 4.93.